The lowest BCUT2D eigenvalue weighted by atomic mass is 9.99. The molecule has 0 saturated carbocycles. The van der Waals surface area contributed by atoms with Gasteiger partial charge in [0.15, 0.2) is 17.5 Å². The molecule has 0 saturated heterocycles. The van der Waals surface area contributed by atoms with Gasteiger partial charge in [-0.15, -0.1) is 11.3 Å². The van der Waals surface area contributed by atoms with Gasteiger partial charge in [0.1, 0.15) is 11.2 Å². The Hall–Kier alpha value is -6.95. The molecule has 0 unspecified atom stereocenters. The highest BCUT2D eigenvalue weighted by Gasteiger charge is 2.17. The molecule has 0 N–H and O–H groups in total. The lowest BCUT2D eigenvalue weighted by molar-refractivity contribution is 0.669. The summed E-state index contributed by atoms with van der Waals surface area (Å²) in [6.07, 6.45) is 0. The Kier molecular flexibility index (Phi) is 7.00. The molecule has 0 aliphatic rings. The van der Waals surface area contributed by atoms with Gasteiger partial charge in [0.2, 0.25) is 0 Å². The molecule has 3 aromatic heterocycles. The van der Waals surface area contributed by atoms with Gasteiger partial charge in [-0.2, -0.15) is 0 Å². The van der Waals surface area contributed by atoms with Crippen LogP contribution in [0.2, 0.25) is 0 Å². The molecule has 4 nitrogen and oxygen atoms in total. The van der Waals surface area contributed by atoms with E-state index in [4.69, 9.17) is 19.4 Å². The van der Waals surface area contributed by atoms with Crippen molar-refractivity contribution in [2.24, 2.45) is 0 Å². The Labute approximate surface area is 314 Å². The summed E-state index contributed by atoms with van der Waals surface area (Å²) >= 11 is 1.86. The second kappa shape index (κ2) is 12.3. The minimum absolute atomic E-state index is 0.593. The molecule has 0 aliphatic carbocycles. The van der Waals surface area contributed by atoms with Crippen molar-refractivity contribution in [2.75, 3.05) is 0 Å². The molecule has 0 spiro atoms. The average molecular weight is 708 g/mol. The van der Waals surface area contributed by atoms with E-state index in [0.717, 1.165) is 49.6 Å². The molecule has 0 radical (unpaired) electrons. The van der Waals surface area contributed by atoms with Gasteiger partial charge < -0.3 is 4.42 Å². The quantitative estimate of drug-likeness (QED) is 0.179. The third-order valence-corrected chi connectivity index (χ3v) is 11.6. The molecular weight excluding hydrogens is 679 g/mol. The Morgan fingerprint density at radius 1 is 0.333 bits per heavy atom. The predicted octanol–water partition coefficient (Wildman–Crippen LogP) is 13.6. The highest BCUT2D eigenvalue weighted by atomic mass is 32.1. The number of furan rings is 1. The summed E-state index contributed by atoms with van der Waals surface area (Å²) in [6.45, 7) is 0. The van der Waals surface area contributed by atoms with Crippen molar-refractivity contribution >= 4 is 64.2 Å². The summed E-state index contributed by atoms with van der Waals surface area (Å²) in [4.78, 5) is 15.4. The zero-order valence-electron chi connectivity index (χ0n) is 28.9. The second-order valence-electron chi connectivity index (χ2n) is 13.6. The van der Waals surface area contributed by atoms with E-state index in [1.165, 1.54) is 42.2 Å². The fraction of sp³-hybridized carbons (Fsp3) is 0. The van der Waals surface area contributed by atoms with E-state index in [-0.39, 0.29) is 0 Å². The van der Waals surface area contributed by atoms with E-state index >= 15 is 0 Å². The largest absolute Gasteiger partial charge is 0.456 e. The van der Waals surface area contributed by atoms with Crippen LogP contribution in [-0.4, -0.2) is 15.0 Å². The maximum Gasteiger partial charge on any atom is 0.164 e. The minimum Gasteiger partial charge on any atom is -0.456 e. The Balaban J connectivity index is 1.08. The van der Waals surface area contributed by atoms with Crippen LogP contribution in [0, 0.1) is 0 Å². The number of hydrogen-bond acceptors (Lipinski definition) is 5. The van der Waals surface area contributed by atoms with Crippen LogP contribution in [0.25, 0.3) is 109 Å². The normalized spacial score (nSPS) is 11.7. The number of thiophene rings is 1. The number of para-hydroxylation sites is 1. The smallest absolute Gasteiger partial charge is 0.164 e. The third kappa shape index (κ3) is 5.09. The van der Waals surface area contributed by atoms with Gasteiger partial charge in [-0.1, -0.05) is 146 Å². The summed E-state index contributed by atoms with van der Waals surface area (Å²) in [5.41, 5.74) is 9.18. The number of fused-ring (bicyclic) bond motifs is 7. The summed E-state index contributed by atoms with van der Waals surface area (Å²) in [6, 6.07) is 61.6. The maximum atomic E-state index is 6.28. The molecule has 0 aliphatic heterocycles. The third-order valence-electron chi connectivity index (χ3n) is 10.3. The van der Waals surface area contributed by atoms with Gasteiger partial charge in [0, 0.05) is 47.6 Å². The molecular formula is C49H29N3OS. The Morgan fingerprint density at radius 2 is 0.870 bits per heavy atom. The number of aromatic nitrogens is 3. The number of rotatable bonds is 5. The van der Waals surface area contributed by atoms with Crippen molar-refractivity contribution in [3.05, 3.63) is 176 Å². The van der Waals surface area contributed by atoms with Gasteiger partial charge in [-0.25, -0.2) is 15.0 Å². The number of hydrogen-bond donors (Lipinski definition) is 0. The van der Waals surface area contributed by atoms with E-state index < -0.39 is 0 Å². The van der Waals surface area contributed by atoms with Crippen LogP contribution in [0.15, 0.2) is 180 Å². The fourth-order valence-corrected chi connectivity index (χ4v) is 9.05. The standard InChI is InChI=1S/C49H29N3OS/c1-2-12-31(13-3-1)37-18-9-20-41-42-21-10-19-38(46(42)54-45(37)41)33-15-8-16-34(28-33)47-50-48(35-24-23-30-11-4-5-14-32(30)27-35)52-49(51-47)36-25-26-40-39-17-6-7-22-43(39)53-44(40)29-36/h1-29H. The SMILES string of the molecule is c1ccc(-c2cccc3c2sc2c(-c4cccc(-c5nc(-c6ccc7ccccc7c6)nc(-c6ccc7c(c6)oc6ccccc67)n5)c4)cccc23)cc1. The van der Waals surface area contributed by atoms with Gasteiger partial charge in [0.05, 0.1) is 0 Å². The van der Waals surface area contributed by atoms with Crippen LogP contribution < -0.4 is 0 Å². The molecule has 5 heteroatoms. The van der Waals surface area contributed by atoms with Crippen molar-refractivity contribution in [3.63, 3.8) is 0 Å². The van der Waals surface area contributed by atoms with E-state index in [2.05, 4.69) is 152 Å². The summed E-state index contributed by atoms with van der Waals surface area (Å²) in [5, 5.41) is 7.00. The first-order chi connectivity index (χ1) is 26.7. The molecule has 0 fully saturated rings. The number of benzene rings is 8. The zero-order chi connectivity index (χ0) is 35.6. The van der Waals surface area contributed by atoms with Crippen LogP contribution >= 0.6 is 11.3 Å². The molecule has 54 heavy (non-hydrogen) atoms. The molecule has 8 aromatic carbocycles. The predicted molar refractivity (Wildman–Crippen MR) is 225 cm³/mol. The van der Waals surface area contributed by atoms with Gasteiger partial charge in [-0.05, 0) is 63.4 Å². The first-order valence-corrected chi connectivity index (χ1v) is 18.8. The highest BCUT2D eigenvalue weighted by Crippen LogP contribution is 2.44. The van der Waals surface area contributed by atoms with E-state index in [1.807, 2.05) is 35.6 Å². The van der Waals surface area contributed by atoms with Crippen LogP contribution in [0.3, 0.4) is 0 Å². The topological polar surface area (TPSA) is 51.8 Å². The van der Waals surface area contributed by atoms with Crippen molar-refractivity contribution in [1.29, 1.82) is 0 Å². The van der Waals surface area contributed by atoms with Crippen LogP contribution in [0.1, 0.15) is 0 Å². The van der Waals surface area contributed by atoms with Crippen LogP contribution in [0.4, 0.5) is 0 Å². The molecule has 0 atom stereocenters. The molecule has 11 rings (SSSR count). The molecule has 3 heterocycles. The van der Waals surface area contributed by atoms with Gasteiger partial charge >= 0.3 is 0 Å². The van der Waals surface area contributed by atoms with Crippen molar-refractivity contribution in [2.45, 2.75) is 0 Å². The summed E-state index contributed by atoms with van der Waals surface area (Å²) < 4.78 is 8.84. The van der Waals surface area contributed by atoms with E-state index in [9.17, 15) is 0 Å². The molecule has 252 valence electrons. The number of nitrogens with zero attached hydrogens (tertiary/aromatic N) is 3. The van der Waals surface area contributed by atoms with Crippen LogP contribution in [0.5, 0.6) is 0 Å². The fourth-order valence-electron chi connectivity index (χ4n) is 7.68. The summed E-state index contributed by atoms with van der Waals surface area (Å²) in [7, 11) is 0. The summed E-state index contributed by atoms with van der Waals surface area (Å²) in [5.74, 6) is 1.83. The van der Waals surface area contributed by atoms with E-state index in [1.54, 1.807) is 0 Å². The van der Waals surface area contributed by atoms with Crippen molar-refractivity contribution in [3.8, 4) is 56.4 Å². The molecule has 11 aromatic rings. The average Bonchev–Trinajstić information content (AvgIpc) is 3.82. The van der Waals surface area contributed by atoms with Gasteiger partial charge in [0.25, 0.3) is 0 Å². The lowest BCUT2D eigenvalue weighted by Crippen LogP contribution is -2.00. The second-order valence-corrected chi connectivity index (χ2v) is 14.6. The van der Waals surface area contributed by atoms with Crippen molar-refractivity contribution in [1.82, 2.24) is 15.0 Å². The molecule has 0 bridgehead atoms. The maximum absolute atomic E-state index is 6.28. The first kappa shape index (κ1) is 30.7. The monoisotopic (exact) mass is 707 g/mol. The zero-order valence-corrected chi connectivity index (χ0v) is 29.7. The van der Waals surface area contributed by atoms with Crippen molar-refractivity contribution < 1.29 is 4.42 Å². The van der Waals surface area contributed by atoms with E-state index in [0.29, 0.717) is 17.5 Å². The minimum atomic E-state index is 0.593. The lowest BCUT2D eigenvalue weighted by Gasteiger charge is -2.10. The Bertz CT molecular complexity index is 3230. The van der Waals surface area contributed by atoms with Gasteiger partial charge in [-0.3, -0.25) is 0 Å². The van der Waals surface area contributed by atoms with Crippen LogP contribution in [-0.2, 0) is 0 Å². The first-order valence-electron chi connectivity index (χ1n) is 18.0. The molecule has 0 amide bonds. The Morgan fingerprint density at radius 3 is 1.65 bits per heavy atom. The highest BCUT2D eigenvalue weighted by molar-refractivity contribution is 7.26.